The van der Waals surface area contributed by atoms with Crippen LogP contribution in [0, 0.1) is 6.92 Å². The molecule has 4 heteroatoms. The molecule has 0 aliphatic heterocycles. The first kappa shape index (κ1) is 11.2. The number of aliphatic hydroxyl groups excluding tert-OH is 1. The molecule has 0 saturated carbocycles. The molecule has 0 saturated heterocycles. The highest BCUT2D eigenvalue weighted by atomic mass is 32.1. The zero-order chi connectivity index (χ0) is 11.5. The molecule has 0 amide bonds. The summed E-state index contributed by atoms with van der Waals surface area (Å²) in [6, 6.07) is 5.79. The van der Waals surface area contributed by atoms with Crippen molar-refractivity contribution < 1.29 is 5.11 Å². The van der Waals surface area contributed by atoms with Crippen LogP contribution in [0.4, 0.5) is 0 Å². The molecule has 2 rings (SSSR count). The summed E-state index contributed by atoms with van der Waals surface area (Å²) < 4.78 is 0. The number of hydrogen-bond acceptors (Lipinski definition) is 4. The van der Waals surface area contributed by atoms with E-state index in [1.54, 1.807) is 11.3 Å². The van der Waals surface area contributed by atoms with E-state index in [9.17, 15) is 5.11 Å². The van der Waals surface area contributed by atoms with E-state index in [4.69, 9.17) is 0 Å². The molecule has 1 atom stereocenters. The predicted molar refractivity (Wildman–Crippen MR) is 64.5 cm³/mol. The summed E-state index contributed by atoms with van der Waals surface area (Å²) in [6.07, 6.45) is 0.203. The molecule has 2 aromatic rings. The fourth-order valence-electron chi connectivity index (χ4n) is 1.65. The molecule has 3 nitrogen and oxygen atoms in total. The van der Waals surface area contributed by atoms with Crippen molar-refractivity contribution in [2.75, 3.05) is 0 Å². The van der Waals surface area contributed by atoms with Gasteiger partial charge in [-0.3, -0.25) is 0 Å². The van der Waals surface area contributed by atoms with Crippen LogP contribution in [0.1, 0.15) is 34.9 Å². The van der Waals surface area contributed by atoms with Crippen molar-refractivity contribution in [2.45, 2.75) is 26.4 Å². The van der Waals surface area contributed by atoms with Crippen molar-refractivity contribution >= 4 is 11.3 Å². The summed E-state index contributed by atoms with van der Waals surface area (Å²) in [4.78, 5) is 0.946. The van der Waals surface area contributed by atoms with Crippen LogP contribution in [0.15, 0.2) is 23.6 Å². The molecule has 0 fully saturated rings. The summed E-state index contributed by atoms with van der Waals surface area (Å²) in [5.74, 6) is 0. The molecule has 0 spiro atoms. The second-order valence-electron chi connectivity index (χ2n) is 3.66. The Balaban J connectivity index is 2.42. The maximum Gasteiger partial charge on any atom is 0.115 e. The third-order valence-electron chi connectivity index (χ3n) is 2.47. The molecule has 0 aliphatic carbocycles. The predicted octanol–water partition coefficient (Wildman–Crippen LogP) is 2.49. The first-order valence-electron chi connectivity index (χ1n) is 5.27. The molecule has 2 aromatic heterocycles. The Hall–Kier alpha value is -1.26. The lowest BCUT2D eigenvalue weighted by atomic mass is 10.0. The Kier molecular flexibility index (Phi) is 3.31. The summed E-state index contributed by atoms with van der Waals surface area (Å²) in [7, 11) is 0. The smallest absolute Gasteiger partial charge is 0.115 e. The number of aliphatic hydroxyl groups is 1. The van der Waals surface area contributed by atoms with Crippen LogP contribution in [0.25, 0.3) is 0 Å². The van der Waals surface area contributed by atoms with Crippen LogP contribution in [0.2, 0.25) is 0 Å². The van der Waals surface area contributed by atoms with Gasteiger partial charge in [0.2, 0.25) is 0 Å². The van der Waals surface area contributed by atoms with Gasteiger partial charge in [0.25, 0.3) is 0 Å². The van der Waals surface area contributed by atoms with E-state index in [1.165, 1.54) is 0 Å². The highest BCUT2D eigenvalue weighted by Crippen LogP contribution is 2.27. The minimum atomic E-state index is -0.579. The molecule has 1 unspecified atom stereocenters. The monoisotopic (exact) mass is 234 g/mol. The third-order valence-corrected chi connectivity index (χ3v) is 3.39. The molecule has 0 aliphatic rings. The highest BCUT2D eigenvalue weighted by Gasteiger charge is 2.16. The van der Waals surface area contributed by atoms with Gasteiger partial charge in [-0.15, -0.1) is 11.3 Å². The SMILES string of the molecule is CCc1nnc(C)cc1C(O)c1cccs1. The molecule has 0 radical (unpaired) electrons. The lowest BCUT2D eigenvalue weighted by Gasteiger charge is -2.12. The van der Waals surface area contributed by atoms with E-state index >= 15 is 0 Å². The van der Waals surface area contributed by atoms with Crippen LogP contribution < -0.4 is 0 Å². The lowest BCUT2D eigenvalue weighted by Crippen LogP contribution is -2.06. The van der Waals surface area contributed by atoms with Gasteiger partial charge in [0.1, 0.15) is 6.10 Å². The lowest BCUT2D eigenvalue weighted by molar-refractivity contribution is 0.222. The maximum atomic E-state index is 10.3. The molecule has 2 heterocycles. The second kappa shape index (κ2) is 4.72. The summed E-state index contributed by atoms with van der Waals surface area (Å²) in [6.45, 7) is 3.90. The van der Waals surface area contributed by atoms with Crippen LogP contribution in [0.3, 0.4) is 0 Å². The Morgan fingerprint density at radius 1 is 1.44 bits per heavy atom. The summed E-state index contributed by atoms with van der Waals surface area (Å²) in [5, 5.41) is 20.4. The van der Waals surface area contributed by atoms with E-state index in [-0.39, 0.29) is 0 Å². The minimum Gasteiger partial charge on any atom is -0.383 e. The van der Waals surface area contributed by atoms with Crippen molar-refractivity contribution in [3.05, 3.63) is 45.4 Å². The largest absolute Gasteiger partial charge is 0.383 e. The van der Waals surface area contributed by atoms with Gasteiger partial charge in [0, 0.05) is 10.4 Å². The number of hydrogen-bond donors (Lipinski definition) is 1. The third kappa shape index (κ3) is 2.13. The zero-order valence-electron chi connectivity index (χ0n) is 9.34. The number of thiophene rings is 1. The quantitative estimate of drug-likeness (QED) is 0.887. The number of rotatable bonds is 3. The fraction of sp³-hybridized carbons (Fsp3) is 0.333. The first-order chi connectivity index (χ1) is 7.72. The average Bonchev–Trinajstić information content (AvgIpc) is 2.81. The van der Waals surface area contributed by atoms with Gasteiger partial charge >= 0.3 is 0 Å². The molecule has 84 valence electrons. The van der Waals surface area contributed by atoms with Gasteiger partial charge in [-0.25, -0.2) is 0 Å². The fourth-order valence-corrected chi connectivity index (χ4v) is 2.37. The van der Waals surface area contributed by atoms with E-state index in [0.29, 0.717) is 0 Å². The number of aromatic nitrogens is 2. The molecular formula is C12H14N2OS. The second-order valence-corrected chi connectivity index (χ2v) is 4.64. The van der Waals surface area contributed by atoms with Gasteiger partial charge in [0.05, 0.1) is 11.4 Å². The Morgan fingerprint density at radius 2 is 2.25 bits per heavy atom. The van der Waals surface area contributed by atoms with Gasteiger partial charge in [0.15, 0.2) is 0 Å². The Morgan fingerprint density at radius 3 is 2.88 bits per heavy atom. The van der Waals surface area contributed by atoms with Gasteiger partial charge in [-0.05, 0) is 30.9 Å². The van der Waals surface area contributed by atoms with Crippen LogP contribution in [-0.2, 0) is 6.42 Å². The summed E-state index contributed by atoms with van der Waals surface area (Å²) in [5.41, 5.74) is 2.58. The maximum absolute atomic E-state index is 10.3. The molecule has 0 aromatic carbocycles. The van der Waals surface area contributed by atoms with Crippen LogP contribution in [0.5, 0.6) is 0 Å². The molecule has 1 N–H and O–H groups in total. The molecular weight excluding hydrogens is 220 g/mol. The van der Waals surface area contributed by atoms with Crippen molar-refractivity contribution in [2.24, 2.45) is 0 Å². The van der Waals surface area contributed by atoms with Crippen molar-refractivity contribution in [3.8, 4) is 0 Å². The van der Waals surface area contributed by atoms with E-state index in [0.717, 1.165) is 28.2 Å². The van der Waals surface area contributed by atoms with Gasteiger partial charge < -0.3 is 5.11 Å². The zero-order valence-corrected chi connectivity index (χ0v) is 10.2. The van der Waals surface area contributed by atoms with Crippen molar-refractivity contribution in [3.63, 3.8) is 0 Å². The Labute approximate surface area is 98.8 Å². The first-order valence-corrected chi connectivity index (χ1v) is 6.15. The number of aryl methyl sites for hydroxylation is 2. The van der Waals surface area contributed by atoms with Crippen molar-refractivity contribution in [1.29, 1.82) is 0 Å². The Bertz CT molecular complexity index is 468. The average molecular weight is 234 g/mol. The minimum absolute atomic E-state index is 0.579. The normalized spacial score (nSPS) is 12.7. The van der Waals surface area contributed by atoms with Crippen LogP contribution in [-0.4, -0.2) is 15.3 Å². The van der Waals surface area contributed by atoms with E-state index in [2.05, 4.69) is 10.2 Å². The standard InChI is InChI=1S/C12H14N2OS/c1-3-10-9(7-8(2)13-14-10)12(15)11-5-4-6-16-11/h4-7,12,15H,3H2,1-2H3. The van der Waals surface area contributed by atoms with Gasteiger partial charge in [-0.2, -0.15) is 10.2 Å². The summed E-state index contributed by atoms with van der Waals surface area (Å²) >= 11 is 1.55. The molecule has 16 heavy (non-hydrogen) atoms. The molecule has 0 bridgehead atoms. The van der Waals surface area contributed by atoms with Crippen molar-refractivity contribution in [1.82, 2.24) is 10.2 Å². The van der Waals surface area contributed by atoms with Gasteiger partial charge in [-0.1, -0.05) is 13.0 Å². The highest BCUT2D eigenvalue weighted by molar-refractivity contribution is 7.10. The topological polar surface area (TPSA) is 46.0 Å². The number of nitrogens with zero attached hydrogens (tertiary/aromatic N) is 2. The van der Waals surface area contributed by atoms with Crippen LogP contribution >= 0.6 is 11.3 Å². The van der Waals surface area contributed by atoms with E-state index in [1.807, 2.05) is 37.4 Å². The van der Waals surface area contributed by atoms with E-state index < -0.39 is 6.10 Å².